The molecule has 1 aromatic rings. The lowest BCUT2D eigenvalue weighted by molar-refractivity contribution is 0.604. The number of sulfonamides is 1. The van der Waals surface area contributed by atoms with Crippen LogP contribution in [0, 0.1) is 0 Å². The largest absolute Gasteiger partial charge is 0.459 e. The first-order valence-corrected chi connectivity index (χ1v) is 6.54. The van der Waals surface area contributed by atoms with Gasteiger partial charge in [-0.05, 0) is 30.5 Å². The van der Waals surface area contributed by atoms with Gasteiger partial charge >= 0.3 is 0 Å². The molecule has 5 nitrogen and oxygen atoms in total. The molecule has 0 amide bonds. The average Bonchev–Trinajstić information content (AvgIpc) is 2.02. The smallest absolute Gasteiger partial charge is 0.110 e. The Bertz CT molecular complexity index is 439. The lowest BCUT2D eigenvalue weighted by Crippen LogP contribution is -2.01. The molecular formula is C7H9N2O3S2-. The Kier molecular flexibility index (Phi) is 3.25. The summed E-state index contributed by atoms with van der Waals surface area (Å²) in [6, 6.07) is 5.53. The molecule has 0 radical (unpaired) electrons. The molecule has 14 heavy (non-hydrogen) atoms. The highest BCUT2D eigenvalue weighted by atomic mass is 32.3. The highest BCUT2D eigenvalue weighted by molar-refractivity contribution is 8.09. The van der Waals surface area contributed by atoms with E-state index in [1.54, 1.807) is 0 Å². The molecule has 0 aliphatic carbocycles. The zero-order valence-electron chi connectivity index (χ0n) is 7.38. The molecule has 0 heterocycles. The van der Waals surface area contributed by atoms with Gasteiger partial charge in [0.2, 0.25) is 0 Å². The predicted molar refractivity (Wildman–Crippen MR) is 55.5 cm³/mol. The molecule has 0 fully saturated rings. The summed E-state index contributed by atoms with van der Waals surface area (Å²) in [5.74, 6) is 0. The van der Waals surface area contributed by atoms with Crippen LogP contribution in [0.2, 0.25) is 0 Å². The molecule has 0 spiro atoms. The predicted octanol–water partition coefficient (Wildman–Crippen LogP) is 0.625. The third-order valence-corrected chi connectivity index (χ3v) is 3.87. The van der Waals surface area contributed by atoms with Crippen LogP contribution in [0.5, 0.6) is 0 Å². The van der Waals surface area contributed by atoms with E-state index in [4.69, 9.17) is 5.73 Å². The first-order valence-electron chi connectivity index (χ1n) is 3.59. The number of nitrogens with two attached hydrogens (primary N) is 1. The fourth-order valence-corrected chi connectivity index (χ4v) is 2.75. The number of hydrogen-bond acceptors (Lipinski definition) is 4. The Morgan fingerprint density at radius 1 is 1.29 bits per heavy atom. The van der Waals surface area contributed by atoms with Gasteiger partial charge in [0.05, 0.1) is 0 Å². The van der Waals surface area contributed by atoms with Crippen LogP contribution in [0.25, 0.3) is 4.13 Å². The average molecular weight is 233 g/mol. The minimum Gasteiger partial charge on any atom is -0.459 e. The van der Waals surface area contributed by atoms with Gasteiger partial charge in [-0.15, -0.1) is 0 Å². The maximum atomic E-state index is 11.4. The molecule has 1 atom stereocenters. The third-order valence-electron chi connectivity index (χ3n) is 1.38. The van der Waals surface area contributed by atoms with Crippen molar-refractivity contribution in [1.29, 1.82) is 0 Å². The summed E-state index contributed by atoms with van der Waals surface area (Å²) in [5, 5.41) is 0. The molecule has 1 aromatic carbocycles. The second kappa shape index (κ2) is 4.07. The molecular weight excluding hydrogens is 224 g/mol. The van der Waals surface area contributed by atoms with Crippen LogP contribution in [0.15, 0.2) is 29.2 Å². The number of hydrogen-bond donors (Lipinski definition) is 1. The van der Waals surface area contributed by atoms with Gasteiger partial charge in [0.1, 0.15) is 10.0 Å². The van der Waals surface area contributed by atoms with E-state index in [0.717, 1.165) is 0 Å². The summed E-state index contributed by atoms with van der Waals surface area (Å²) in [6.45, 7) is 0. The van der Waals surface area contributed by atoms with E-state index in [1.165, 1.54) is 30.5 Å². The SMILES string of the molecule is CS(=O)[N-]S(=O)(=O)c1ccc(N)cc1. The number of nitrogens with zero attached hydrogens (tertiary/aromatic N) is 1. The normalized spacial score (nSPS) is 13.8. The van der Waals surface area contributed by atoms with Crippen molar-refractivity contribution in [3.05, 3.63) is 28.4 Å². The number of nitrogen functional groups attached to an aromatic ring is 1. The molecule has 1 rings (SSSR count). The van der Waals surface area contributed by atoms with Crippen molar-refractivity contribution in [3.63, 3.8) is 0 Å². The Labute approximate surface area is 85.0 Å². The highest BCUT2D eigenvalue weighted by Crippen LogP contribution is 2.18. The van der Waals surface area contributed by atoms with E-state index in [-0.39, 0.29) is 4.90 Å². The summed E-state index contributed by atoms with van der Waals surface area (Å²) in [5.41, 5.74) is 5.85. The molecule has 2 N–H and O–H groups in total. The fraction of sp³-hybridized carbons (Fsp3) is 0.143. The van der Waals surface area contributed by atoms with Crippen LogP contribution < -0.4 is 5.73 Å². The van der Waals surface area contributed by atoms with Gasteiger partial charge in [0, 0.05) is 10.6 Å². The van der Waals surface area contributed by atoms with Crippen LogP contribution in [0.3, 0.4) is 0 Å². The quantitative estimate of drug-likeness (QED) is 0.775. The Morgan fingerprint density at radius 2 is 1.79 bits per heavy atom. The number of benzene rings is 1. The van der Waals surface area contributed by atoms with Crippen molar-refractivity contribution in [2.24, 2.45) is 0 Å². The molecule has 0 aliphatic heterocycles. The van der Waals surface area contributed by atoms with Crippen molar-refractivity contribution in [2.45, 2.75) is 4.90 Å². The van der Waals surface area contributed by atoms with E-state index < -0.39 is 21.0 Å². The number of rotatable bonds is 3. The van der Waals surface area contributed by atoms with E-state index in [0.29, 0.717) is 5.69 Å². The van der Waals surface area contributed by atoms with Gasteiger partial charge in [-0.2, -0.15) is 0 Å². The highest BCUT2D eigenvalue weighted by Gasteiger charge is 2.03. The maximum absolute atomic E-state index is 11.4. The van der Waals surface area contributed by atoms with Crippen LogP contribution >= 0.6 is 0 Å². The van der Waals surface area contributed by atoms with Crippen LogP contribution in [0.4, 0.5) is 5.69 Å². The van der Waals surface area contributed by atoms with Crippen molar-refractivity contribution >= 4 is 26.7 Å². The van der Waals surface area contributed by atoms with E-state index in [9.17, 15) is 12.6 Å². The monoisotopic (exact) mass is 233 g/mol. The first kappa shape index (κ1) is 11.2. The minimum atomic E-state index is -3.81. The zero-order valence-corrected chi connectivity index (χ0v) is 9.01. The van der Waals surface area contributed by atoms with Gasteiger partial charge in [-0.1, -0.05) is 11.0 Å². The van der Waals surface area contributed by atoms with Crippen molar-refractivity contribution in [3.8, 4) is 0 Å². The molecule has 78 valence electrons. The van der Waals surface area contributed by atoms with E-state index >= 15 is 0 Å². The summed E-state index contributed by atoms with van der Waals surface area (Å²) >= 11 is 0. The lowest BCUT2D eigenvalue weighted by atomic mass is 10.3. The Hall–Kier alpha value is -0.920. The van der Waals surface area contributed by atoms with Gasteiger partial charge in [-0.25, -0.2) is 8.42 Å². The Balaban J connectivity index is 3.05. The van der Waals surface area contributed by atoms with Gasteiger partial charge in [0.15, 0.2) is 0 Å². The maximum Gasteiger partial charge on any atom is 0.110 e. The van der Waals surface area contributed by atoms with Crippen molar-refractivity contribution in [2.75, 3.05) is 12.0 Å². The zero-order chi connectivity index (χ0) is 10.8. The van der Waals surface area contributed by atoms with Gasteiger partial charge in [-0.3, -0.25) is 4.21 Å². The lowest BCUT2D eigenvalue weighted by Gasteiger charge is -2.16. The van der Waals surface area contributed by atoms with E-state index in [1.807, 2.05) is 0 Å². The van der Waals surface area contributed by atoms with Crippen LogP contribution in [-0.4, -0.2) is 18.9 Å². The third kappa shape index (κ3) is 2.79. The summed E-state index contributed by atoms with van der Waals surface area (Å²) in [6.07, 6.45) is 1.19. The second-order valence-electron chi connectivity index (χ2n) is 2.54. The first-order chi connectivity index (χ1) is 6.42. The number of anilines is 1. The minimum absolute atomic E-state index is 0.0121. The Morgan fingerprint density at radius 3 is 2.21 bits per heavy atom. The van der Waals surface area contributed by atoms with Crippen LogP contribution in [-0.2, 0) is 21.0 Å². The summed E-state index contributed by atoms with van der Waals surface area (Å²) in [4.78, 5) is -0.0121. The van der Waals surface area contributed by atoms with E-state index in [2.05, 4.69) is 4.13 Å². The van der Waals surface area contributed by atoms with Crippen molar-refractivity contribution < 1.29 is 12.6 Å². The fourth-order valence-electron chi connectivity index (χ4n) is 0.821. The van der Waals surface area contributed by atoms with Gasteiger partial charge in [0.25, 0.3) is 0 Å². The summed E-state index contributed by atoms with van der Waals surface area (Å²) < 4.78 is 36.5. The second-order valence-corrected chi connectivity index (χ2v) is 5.41. The topological polar surface area (TPSA) is 91.3 Å². The summed E-state index contributed by atoms with van der Waals surface area (Å²) in [7, 11) is -5.54. The molecule has 0 saturated carbocycles. The molecule has 0 saturated heterocycles. The molecule has 0 aromatic heterocycles. The molecule has 1 unspecified atom stereocenters. The standard InChI is InChI=1S/C7H9N2O3S2/c1-13(10)9-14(11,12)7-4-2-6(8)3-5-7/h2-5H,8H2,1H3/q-1. The van der Waals surface area contributed by atoms with Gasteiger partial charge < -0.3 is 9.86 Å². The molecule has 7 heteroatoms. The molecule has 0 bridgehead atoms. The van der Waals surface area contributed by atoms with Crippen molar-refractivity contribution in [1.82, 2.24) is 0 Å². The molecule has 0 aliphatic rings. The van der Waals surface area contributed by atoms with Crippen LogP contribution in [0.1, 0.15) is 0 Å².